The van der Waals surface area contributed by atoms with E-state index < -0.39 is 5.97 Å². The van der Waals surface area contributed by atoms with Gasteiger partial charge in [0.15, 0.2) is 5.75 Å². The van der Waals surface area contributed by atoms with Gasteiger partial charge in [0.1, 0.15) is 0 Å². The molecule has 0 aliphatic rings. The van der Waals surface area contributed by atoms with Crippen LogP contribution in [-0.2, 0) is 4.79 Å². The molecule has 0 amide bonds. The number of halogens is 3. The average Bonchev–Trinajstić information content (AvgIpc) is 2.24. The van der Waals surface area contributed by atoms with E-state index in [4.69, 9.17) is 33.0 Å². The summed E-state index contributed by atoms with van der Waals surface area (Å²) in [7, 11) is 0. The first kappa shape index (κ1) is 14.8. The summed E-state index contributed by atoms with van der Waals surface area (Å²) in [4.78, 5) is 11.4. The standard InChI is InChI=1S/C11H11BrCl2O3/c12-7-5-8(13)11(9(14)6-7)17-10(16)3-1-2-4-15/h5-6,15H,1-4H2. The van der Waals surface area contributed by atoms with Crippen molar-refractivity contribution >= 4 is 45.1 Å². The zero-order chi connectivity index (χ0) is 12.8. The smallest absolute Gasteiger partial charge is 0.311 e. The van der Waals surface area contributed by atoms with Gasteiger partial charge in [-0.25, -0.2) is 0 Å². The van der Waals surface area contributed by atoms with Crippen LogP contribution in [0.25, 0.3) is 0 Å². The van der Waals surface area contributed by atoms with Gasteiger partial charge < -0.3 is 9.84 Å². The van der Waals surface area contributed by atoms with Crippen LogP contribution < -0.4 is 4.74 Å². The predicted molar refractivity (Wildman–Crippen MR) is 70.7 cm³/mol. The van der Waals surface area contributed by atoms with Crippen molar-refractivity contribution in [1.29, 1.82) is 0 Å². The zero-order valence-electron chi connectivity index (χ0n) is 8.88. The number of hydrogen-bond acceptors (Lipinski definition) is 3. The van der Waals surface area contributed by atoms with Gasteiger partial charge in [0, 0.05) is 17.5 Å². The van der Waals surface area contributed by atoms with Crippen molar-refractivity contribution < 1.29 is 14.6 Å². The van der Waals surface area contributed by atoms with E-state index in [0.717, 1.165) is 0 Å². The molecule has 0 fully saturated rings. The van der Waals surface area contributed by atoms with Gasteiger partial charge in [-0.1, -0.05) is 39.1 Å². The third-order valence-corrected chi connectivity index (χ3v) is 2.99. The molecule has 0 saturated carbocycles. The Hall–Kier alpha value is -0.290. The summed E-state index contributed by atoms with van der Waals surface area (Å²) >= 11 is 15.0. The van der Waals surface area contributed by atoms with Crippen molar-refractivity contribution in [1.82, 2.24) is 0 Å². The van der Waals surface area contributed by atoms with Gasteiger partial charge in [-0.2, -0.15) is 0 Å². The summed E-state index contributed by atoms with van der Waals surface area (Å²) in [5.41, 5.74) is 0. The summed E-state index contributed by atoms with van der Waals surface area (Å²) in [5, 5.41) is 9.14. The lowest BCUT2D eigenvalue weighted by Crippen LogP contribution is -2.08. The normalized spacial score (nSPS) is 10.4. The molecule has 3 nitrogen and oxygen atoms in total. The van der Waals surface area contributed by atoms with Crippen LogP contribution >= 0.6 is 39.1 Å². The van der Waals surface area contributed by atoms with E-state index in [-0.39, 0.29) is 28.8 Å². The van der Waals surface area contributed by atoms with E-state index in [1.807, 2.05) is 0 Å². The van der Waals surface area contributed by atoms with Crippen LogP contribution in [0.1, 0.15) is 19.3 Å². The number of ether oxygens (including phenoxy) is 1. The second-order valence-corrected chi connectivity index (χ2v) is 5.08. The Bertz CT molecular complexity index is 387. The van der Waals surface area contributed by atoms with Crippen LogP contribution in [0, 0.1) is 0 Å². The summed E-state index contributed by atoms with van der Waals surface area (Å²) in [5.74, 6) is -0.241. The second kappa shape index (κ2) is 7.21. The molecule has 0 bridgehead atoms. The highest BCUT2D eigenvalue weighted by atomic mass is 79.9. The molecule has 0 aliphatic heterocycles. The Morgan fingerprint density at radius 3 is 2.41 bits per heavy atom. The molecule has 1 aromatic rings. The number of carbonyl (C=O) groups is 1. The summed E-state index contributed by atoms with van der Waals surface area (Å²) in [6.07, 6.45) is 1.36. The highest BCUT2D eigenvalue weighted by Gasteiger charge is 2.13. The molecule has 0 aromatic heterocycles. The summed E-state index contributed by atoms with van der Waals surface area (Å²) in [6, 6.07) is 3.20. The van der Waals surface area contributed by atoms with Crippen molar-refractivity contribution in [2.24, 2.45) is 0 Å². The number of aliphatic hydroxyl groups excluding tert-OH is 1. The van der Waals surface area contributed by atoms with E-state index in [2.05, 4.69) is 15.9 Å². The molecule has 1 N–H and O–H groups in total. The highest BCUT2D eigenvalue weighted by Crippen LogP contribution is 2.36. The molecule has 0 radical (unpaired) electrons. The number of aliphatic hydroxyl groups is 1. The van der Waals surface area contributed by atoms with Gasteiger partial charge in [-0.3, -0.25) is 4.79 Å². The van der Waals surface area contributed by atoms with Crippen molar-refractivity contribution in [3.63, 3.8) is 0 Å². The minimum Gasteiger partial charge on any atom is -0.423 e. The lowest BCUT2D eigenvalue weighted by atomic mass is 10.2. The monoisotopic (exact) mass is 340 g/mol. The second-order valence-electron chi connectivity index (χ2n) is 3.35. The average molecular weight is 342 g/mol. The third-order valence-electron chi connectivity index (χ3n) is 1.97. The molecule has 0 unspecified atom stereocenters. The first-order chi connectivity index (χ1) is 8.04. The van der Waals surface area contributed by atoms with Crippen molar-refractivity contribution in [2.75, 3.05) is 6.61 Å². The Morgan fingerprint density at radius 1 is 1.29 bits per heavy atom. The van der Waals surface area contributed by atoms with E-state index in [9.17, 15) is 4.79 Å². The molecule has 0 saturated heterocycles. The molecule has 0 spiro atoms. The third kappa shape index (κ3) is 4.84. The first-order valence-corrected chi connectivity index (χ1v) is 6.55. The predicted octanol–water partition coefficient (Wildman–Crippen LogP) is 3.82. The Kier molecular flexibility index (Phi) is 6.27. The number of rotatable bonds is 5. The number of unbranched alkanes of at least 4 members (excludes halogenated alkanes) is 1. The molecular weight excluding hydrogens is 331 g/mol. The van der Waals surface area contributed by atoms with E-state index in [0.29, 0.717) is 17.3 Å². The molecule has 0 aliphatic carbocycles. The molecular formula is C11H11BrCl2O3. The Labute approximate surface area is 118 Å². The van der Waals surface area contributed by atoms with Crippen LogP contribution in [0.2, 0.25) is 10.0 Å². The molecule has 94 valence electrons. The van der Waals surface area contributed by atoms with Crippen LogP contribution in [0.15, 0.2) is 16.6 Å². The topological polar surface area (TPSA) is 46.5 Å². The maximum Gasteiger partial charge on any atom is 0.311 e. The number of benzene rings is 1. The van der Waals surface area contributed by atoms with Gasteiger partial charge in [-0.15, -0.1) is 0 Å². The molecule has 1 aromatic carbocycles. The molecule has 17 heavy (non-hydrogen) atoms. The van der Waals surface area contributed by atoms with Crippen molar-refractivity contribution in [2.45, 2.75) is 19.3 Å². The van der Waals surface area contributed by atoms with Gasteiger partial charge >= 0.3 is 5.97 Å². The van der Waals surface area contributed by atoms with Crippen LogP contribution in [0.4, 0.5) is 0 Å². The van der Waals surface area contributed by atoms with Crippen molar-refractivity contribution in [3.8, 4) is 5.75 Å². The summed E-state index contributed by atoms with van der Waals surface area (Å²) < 4.78 is 5.79. The first-order valence-electron chi connectivity index (χ1n) is 5.00. The van der Waals surface area contributed by atoms with Gasteiger partial charge in [0.25, 0.3) is 0 Å². The van der Waals surface area contributed by atoms with Crippen molar-refractivity contribution in [3.05, 3.63) is 26.7 Å². The Balaban J connectivity index is 2.65. The maximum atomic E-state index is 11.4. The van der Waals surface area contributed by atoms with Gasteiger partial charge in [-0.05, 0) is 25.0 Å². The molecule has 1 rings (SSSR count). The fourth-order valence-electron chi connectivity index (χ4n) is 1.17. The van der Waals surface area contributed by atoms with E-state index in [1.165, 1.54) is 0 Å². The maximum absolute atomic E-state index is 11.4. The SMILES string of the molecule is O=C(CCCCO)Oc1c(Cl)cc(Br)cc1Cl. The molecule has 0 heterocycles. The minimum absolute atomic E-state index is 0.0626. The van der Waals surface area contributed by atoms with Crippen LogP contribution in [0.3, 0.4) is 0 Å². The van der Waals surface area contributed by atoms with E-state index >= 15 is 0 Å². The summed E-state index contributed by atoms with van der Waals surface area (Å²) in [6.45, 7) is 0.0626. The molecule has 6 heteroatoms. The number of hydrogen-bond donors (Lipinski definition) is 1. The highest BCUT2D eigenvalue weighted by molar-refractivity contribution is 9.10. The fourth-order valence-corrected chi connectivity index (χ4v) is 2.46. The lowest BCUT2D eigenvalue weighted by molar-refractivity contribution is -0.134. The lowest BCUT2D eigenvalue weighted by Gasteiger charge is -2.08. The van der Waals surface area contributed by atoms with Gasteiger partial charge in [0.05, 0.1) is 10.0 Å². The zero-order valence-corrected chi connectivity index (χ0v) is 12.0. The minimum atomic E-state index is -0.412. The quantitative estimate of drug-likeness (QED) is 0.503. The van der Waals surface area contributed by atoms with Crippen LogP contribution in [-0.4, -0.2) is 17.7 Å². The van der Waals surface area contributed by atoms with E-state index in [1.54, 1.807) is 12.1 Å². The van der Waals surface area contributed by atoms with Crippen LogP contribution in [0.5, 0.6) is 5.75 Å². The number of esters is 1. The number of carbonyl (C=O) groups excluding carboxylic acids is 1. The largest absolute Gasteiger partial charge is 0.423 e. The fraction of sp³-hybridized carbons (Fsp3) is 0.364. The molecule has 0 atom stereocenters. The Morgan fingerprint density at radius 2 is 1.88 bits per heavy atom. The van der Waals surface area contributed by atoms with Gasteiger partial charge in [0.2, 0.25) is 0 Å².